The van der Waals surface area contributed by atoms with Crippen LogP contribution in [0.5, 0.6) is 17.2 Å². The van der Waals surface area contributed by atoms with E-state index in [-0.39, 0.29) is 15.6 Å². The van der Waals surface area contributed by atoms with Gasteiger partial charge >= 0.3 is 0 Å². The van der Waals surface area contributed by atoms with E-state index in [2.05, 4.69) is 16.7 Å². The molecule has 0 saturated carbocycles. The summed E-state index contributed by atoms with van der Waals surface area (Å²) < 4.78 is 18.3. The molecule has 0 atom stereocenters. The topological polar surface area (TPSA) is 95.1 Å². The predicted octanol–water partition coefficient (Wildman–Crippen LogP) is 5.81. The number of methoxy groups -OCH3 is 3. The lowest BCUT2D eigenvalue weighted by molar-refractivity contribution is 0.271. The molecule has 0 bridgehead atoms. The molecular formula is C31H35Cl2N5O4. The number of ether oxygens (including phenoxy) is 3. The van der Waals surface area contributed by atoms with Crippen LogP contribution in [0.3, 0.4) is 0 Å². The number of anilines is 2. The Morgan fingerprint density at radius 3 is 2.05 bits per heavy atom. The SMILES string of the molecule is CCN1CCN(c2cc(OC)c(-c3cc4c(cn3)cc(-c3c(Cl)c(OC)cc(OC)c3Cl)c(=O)n4CC)cc2N)CC1. The van der Waals surface area contributed by atoms with Gasteiger partial charge in [-0.3, -0.25) is 9.78 Å². The van der Waals surface area contributed by atoms with Crippen LogP contribution < -0.4 is 30.4 Å². The summed E-state index contributed by atoms with van der Waals surface area (Å²) in [5.41, 5.74) is 10.7. The molecule has 222 valence electrons. The van der Waals surface area contributed by atoms with Crippen molar-refractivity contribution in [1.82, 2.24) is 14.5 Å². The first-order valence-electron chi connectivity index (χ1n) is 13.8. The maximum atomic E-state index is 13.9. The summed E-state index contributed by atoms with van der Waals surface area (Å²) in [5.74, 6) is 1.36. The van der Waals surface area contributed by atoms with E-state index in [1.165, 1.54) is 14.2 Å². The lowest BCUT2D eigenvalue weighted by Crippen LogP contribution is -2.46. The van der Waals surface area contributed by atoms with Crippen LogP contribution in [-0.2, 0) is 6.54 Å². The lowest BCUT2D eigenvalue weighted by Gasteiger charge is -2.36. The zero-order valence-electron chi connectivity index (χ0n) is 24.5. The number of fused-ring (bicyclic) bond motifs is 1. The van der Waals surface area contributed by atoms with Crippen LogP contribution in [0, 0.1) is 0 Å². The number of nitrogens with zero attached hydrogens (tertiary/aromatic N) is 4. The maximum absolute atomic E-state index is 13.9. The zero-order chi connectivity index (χ0) is 30.1. The summed E-state index contributed by atoms with van der Waals surface area (Å²) in [7, 11) is 4.63. The third-order valence-corrected chi connectivity index (χ3v) is 8.67. The maximum Gasteiger partial charge on any atom is 0.259 e. The first-order chi connectivity index (χ1) is 20.3. The molecule has 1 saturated heterocycles. The molecule has 0 spiro atoms. The van der Waals surface area contributed by atoms with E-state index in [9.17, 15) is 4.79 Å². The third kappa shape index (κ3) is 5.21. The minimum Gasteiger partial charge on any atom is -0.496 e. The van der Waals surface area contributed by atoms with Crippen molar-refractivity contribution in [1.29, 1.82) is 0 Å². The molecule has 3 heterocycles. The molecule has 1 aliphatic heterocycles. The molecule has 9 nitrogen and oxygen atoms in total. The number of hydrogen-bond acceptors (Lipinski definition) is 8. The highest BCUT2D eigenvalue weighted by molar-refractivity contribution is 6.41. The molecule has 1 aliphatic rings. The van der Waals surface area contributed by atoms with Crippen LogP contribution in [0.25, 0.3) is 33.3 Å². The summed E-state index contributed by atoms with van der Waals surface area (Å²) in [4.78, 5) is 23.4. The second kappa shape index (κ2) is 12.3. The Bertz CT molecular complexity index is 1670. The van der Waals surface area contributed by atoms with E-state index >= 15 is 0 Å². The quantitative estimate of drug-likeness (QED) is 0.250. The number of benzene rings is 2. The number of hydrogen-bond donors (Lipinski definition) is 1. The molecule has 2 aromatic carbocycles. The number of aromatic nitrogens is 2. The van der Waals surface area contributed by atoms with Gasteiger partial charge in [-0.15, -0.1) is 0 Å². The second-order valence-corrected chi connectivity index (χ2v) is 10.8. The van der Waals surface area contributed by atoms with Crippen molar-refractivity contribution in [3.05, 3.63) is 56.9 Å². The molecule has 1 fully saturated rings. The minimum atomic E-state index is -0.255. The first kappa shape index (κ1) is 29.8. The van der Waals surface area contributed by atoms with Gasteiger partial charge in [0.15, 0.2) is 0 Å². The van der Waals surface area contributed by atoms with Crippen molar-refractivity contribution in [2.45, 2.75) is 20.4 Å². The Labute approximate surface area is 255 Å². The highest BCUT2D eigenvalue weighted by Gasteiger charge is 2.24. The Morgan fingerprint density at radius 2 is 1.48 bits per heavy atom. The molecule has 2 N–H and O–H groups in total. The van der Waals surface area contributed by atoms with E-state index in [1.54, 1.807) is 30.0 Å². The number of nitrogen functional groups attached to an aromatic ring is 1. The van der Waals surface area contributed by atoms with Gasteiger partial charge in [0.1, 0.15) is 17.2 Å². The number of likely N-dealkylation sites (N-methyl/N-ethyl adjacent to an activating group) is 1. The van der Waals surface area contributed by atoms with Gasteiger partial charge in [0.05, 0.1) is 59.5 Å². The van der Waals surface area contributed by atoms with Crippen LogP contribution in [0.1, 0.15) is 13.8 Å². The molecule has 0 aliphatic carbocycles. The lowest BCUT2D eigenvalue weighted by atomic mass is 10.0. The molecule has 0 unspecified atom stereocenters. The van der Waals surface area contributed by atoms with E-state index in [0.717, 1.165) is 49.4 Å². The Hall–Kier alpha value is -3.66. The van der Waals surface area contributed by atoms with Crippen LogP contribution in [0.15, 0.2) is 41.3 Å². The molecule has 42 heavy (non-hydrogen) atoms. The zero-order valence-corrected chi connectivity index (χ0v) is 26.0. The fourth-order valence-electron chi connectivity index (χ4n) is 5.57. The van der Waals surface area contributed by atoms with Crippen LogP contribution in [0.2, 0.25) is 10.0 Å². The Balaban J connectivity index is 1.63. The number of pyridine rings is 2. The molecule has 11 heteroatoms. The first-order valence-corrected chi connectivity index (χ1v) is 14.6. The number of aryl methyl sites for hydroxylation is 1. The summed E-state index contributed by atoms with van der Waals surface area (Å²) in [6, 6.07) is 9.11. The largest absolute Gasteiger partial charge is 0.496 e. The Kier molecular flexibility index (Phi) is 8.73. The molecule has 2 aromatic heterocycles. The highest BCUT2D eigenvalue weighted by atomic mass is 35.5. The summed E-state index contributed by atoms with van der Waals surface area (Å²) in [6.45, 7) is 9.30. The van der Waals surface area contributed by atoms with Crippen molar-refractivity contribution in [2.24, 2.45) is 0 Å². The van der Waals surface area contributed by atoms with Crippen molar-refractivity contribution in [3.63, 3.8) is 0 Å². The van der Waals surface area contributed by atoms with Crippen LogP contribution in [0.4, 0.5) is 11.4 Å². The standard InChI is InChI=1S/C31H35Cl2N5O4/c1-6-36-8-10-37(11-9-36)24-15-25(40-3)19(13-21(24)34)22-14-23-18(17-35-22)12-20(31(39)38(23)7-2)28-29(32)26(41-4)16-27(42-5)30(28)33/h12-17H,6-11,34H2,1-5H3. The predicted molar refractivity (Wildman–Crippen MR) is 171 cm³/mol. The number of piperazine rings is 1. The van der Waals surface area contributed by atoms with E-state index in [1.807, 2.05) is 25.1 Å². The normalized spacial score (nSPS) is 13.9. The number of halogens is 2. The highest BCUT2D eigenvalue weighted by Crippen LogP contribution is 2.45. The van der Waals surface area contributed by atoms with E-state index in [4.69, 9.17) is 48.1 Å². The van der Waals surface area contributed by atoms with Crippen LogP contribution >= 0.6 is 23.2 Å². The fourth-order valence-corrected chi connectivity index (χ4v) is 6.27. The van der Waals surface area contributed by atoms with Gasteiger partial charge in [-0.1, -0.05) is 30.1 Å². The summed E-state index contributed by atoms with van der Waals surface area (Å²) >= 11 is 13.3. The van der Waals surface area contributed by atoms with Crippen molar-refractivity contribution in [3.8, 4) is 39.6 Å². The molecule has 0 radical (unpaired) electrons. The van der Waals surface area contributed by atoms with Gasteiger partial charge in [-0.05, 0) is 31.7 Å². The van der Waals surface area contributed by atoms with Gasteiger partial charge < -0.3 is 34.3 Å². The monoisotopic (exact) mass is 611 g/mol. The van der Waals surface area contributed by atoms with Gasteiger partial charge in [0, 0.05) is 67.6 Å². The van der Waals surface area contributed by atoms with E-state index in [0.29, 0.717) is 51.8 Å². The van der Waals surface area contributed by atoms with E-state index < -0.39 is 0 Å². The number of rotatable bonds is 8. The number of nitrogens with two attached hydrogens (primary N) is 1. The summed E-state index contributed by atoms with van der Waals surface area (Å²) in [5, 5.41) is 1.19. The van der Waals surface area contributed by atoms with Gasteiger partial charge in [-0.25, -0.2) is 0 Å². The molecule has 4 aromatic rings. The van der Waals surface area contributed by atoms with Crippen molar-refractivity contribution in [2.75, 3.05) is 64.7 Å². The Morgan fingerprint density at radius 1 is 0.833 bits per heavy atom. The van der Waals surface area contributed by atoms with Gasteiger partial charge in [0.25, 0.3) is 5.56 Å². The molecular weight excluding hydrogens is 577 g/mol. The van der Waals surface area contributed by atoms with Crippen molar-refractivity contribution >= 4 is 45.5 Å². The minimum absolute atomic E-state index is 0.225. The second-order valence-electron chi connectivity index (χ2n) is 10.1. The third-order valence-electron chi connectivity index (χ3n) is 7.92. The van der Waals surface area contributed by atoms with Crippen LogP contribution in [-0.4, -0.2) is 68.5 Å². The smallest absolute Gasteiger partial charge is 0.259 e. The average Bonchev–Trinajstić information content (AvgIpc) is 3.01. The summed E-state index contributed by atoms with van der Waals surface area (Å²) in [6.07, 6.45) is 1.73. The molecule has 0 amide bonds. The fraction of sp³-hybridized carbons (Fsp3) is 0.355. The average molecular weight is 613 g/mol. The molecule has 5 rings (SSSR count). The van der Waals surface area contributed by atoms with Gasteiger partial charge in [0.2, 0.25) is 0 Å². The van der Waals surface area contributed by atoms with Crippen molar-refractivity contribution < 1.29 is 14.2 Å². The van der Waals surface area contributed by atoms with Gasteiger partial charge in [-0.2, -0.15) is 0 Å².